The molecule has 1 heterocycles. The number of unbranched alkanes of at least 4 members (excludes halogenated alkanes) is 1. The number of carbonyl (C=O) groups excluding carboxylic acids is 1. The van der Waals surface area contributed by atoms with Crippen LogP contribution in [0.3, 0.4) is 0 Å². The standard InChI is InChI=1S/C21H24N4O2/c1-4-5-8-22-21(27)25-19-12-23-17-7-6-15(11-18(17)24-19)16-9-13(2)20(26)14(3)10-16/h6-7,9-12,26H,4-5,8H2,1-3H3,(H2,22,24,25,27). The molecule has 0 radical (unpaired) electrons. The first-order valence-corrected chi connectivity index (χ1v) is 9.10. The van der Waals surface area contributed by atoms with Crippen LogP contribution in [0, 0.1) is 13.8 Å². The number of fused-ring (bicyclic) bond motifs is 1. The Bertz CT molecular complexity index is 962. The average Bonchev–Trinajstić information content (AvgIpc) is 2.65. The highest BCUT2D eigenvalue weighted by molar-refractivity contribution is 5.90. The molecule has 0 saturated carbocycles. The second kappa shape index (κ2) is 8.03. The maximum Gasteiger partial charge on any atom is 0.320 e. The van der Waals surface area contributed by atoms with E-state index in [-0.39, 0.29) is 6.03 Å². The third-order valence-corrected chi connectivity index (χ3v) is 4.42. The molecule has 3 aromatic rings. The van der Waals surface area contributed by atoms with Gasteiger partial charge in [-0.3, -0.25) is 10.3 Å². The molecule has 0 aliphatic heterocycles. The van der Waals surface area contributed by atoms with Gasteiger partial charge in [0.1, 0.15) is 5.75 Å². The summed E-state index contributed by atoms with van der Waals surface area (Å²) in [7, 11) is 0. The van der Waals surface area contributed by atoms with Crippen molar-refractivity contribution in [2.24, 2.45) is 0 Å². The number of carbonyl (C=O) groups is 1. The Kier molecular flexibility index (Phi) is 5.54. The molecule has 6 heteroatoms. The molecule has 27 heavy (non-hydrogen) atoms. The van der Waals surface area contributed by atoms with Gasteiger partial charge in [-0.05, 0) is 66.8 Å². The zero-order valence-corrected chi connectivity index (χ0v) is 15.8. The van der Waals surface area contributed by atoms with E-state index in [0.29, 0.717) is 23.6 Å². The van der Waals surface area contributed by atoms with E-state index in [4.69, 9.17) is 0 Å². The van der Waals surface area contributed by atoms with Crippen LogP contribution < -0.4 is 10.6 Å². The summed E-state index contributed by atoms with van der Waals surface area (Å²) in [4.78, 5) is 20.8. The summed E-state index contributed by atoms with van der Waals surface area (Å²) in [6.07, 6.45) is 3.51. The number of aromatic hydroxyl groups is 1. The minimum Gasteiger partial charge on any atom is -0.507 e. The second-order valence-electron chi connectivity index (χ2n) is 6.65. The zero-order chi connectivity index (χ0) is 19.4. The molecule has 3 rings (SSSR count). The Morgan fingerprint density at radius 2 is 1.81 bits per heavy atom. The molecule has 140 valence electrons. The minimum absolute atomic E-state index is 0.280. The number of urea groups is 1. The van der Waals surface area contributed by atoms with Gasteiger partial charge in [-0.25, -0.2) is 9.78 Å². The summed E-state index contributed by atoms with van der Waals surface area (Å²) in [5.74, 6) is 0.728. The van der Waals surface area contributed by atoms with Gasteiger partial charge in [0.05, 0.1) is 17.2 Å². The van der Waals surface area contributed by atoms with Gasteiger partial charge in [-0.15, -0.1) is 0 Å². The summed E-state index contributed by atoms with van der Waals surface area (Å²) >= 11 is 0. The lowest BCUT2D eigenvalue weighted by Gasteiger charge is -2.10. The molecule has 0 fully saturated rings. The maximum absolute atomic E-state index is 11.9. The Labute approximate surface area is 158 Å². The molecule has 2 amide bonds. The van der Waals surface area contributed by atoms with E-state index in [0.717, 1.165) is 40.6 Å². The van der Waals surface area contributed by atoms with E-state index in [9.17, 15) is 9.90 Å². The number of nitrogens with one attached hydrogen (secondary N) is 2. The molecule has 6 nitrogen and oxygen atoms in total. The van der Waals surface area contributed by atoms with Crippen molar-refractivity contribution < 1.29 is 9.90 Å². The van der Waals surface area contributed by atoms with Crippen LogP contribution in [0.2, 0.25) is 0 Å². The van der Waals surface area contributed by atoms with Crippen LogP contribution in [0.1, 0.15) is 30.9 Å². The molecule has 0 bridgehead atoms. The first-order valence-electron chi connectivity index (χ1n) is 9.10. The van der Waals surface area contributed by atoms with Crippen LogP contribution in [0.5, 0.6) is 5.75 Å². The Morgan fingerprint density at radius 3 is 2.52 bits per heavy atom. The van der Waals surface area contributed by atoms with Gasteiger partial charge in [-0.2, -0.15) is 0 Å². The number of amides is 2. The van der Waals surface area contributed by atoms with Crippen LogP contribution in [0.4, 0.5) is 10.6 Å². The number of phenols is 1. The number of hydrogen-bond donors (Lipinski definition) is 3. The molecule has 0 atom stereocenters. The fourth-order valence-electron chi connectivity index (χ4n) is 2.91. The van der Waals surface area contributed by atoms with E-state index in [1.165, 1.54) is 0 Å². The Morgan fingerprint density at radius 1 is 1.07 bits per heavy atom. The summed E-state index contributed by atoms with van der Waals surface area (Å²) in [6, 6.07) is 9.43. The number of nitrogens with zero attached hydrogens (tertiary/aromatic N) is 2. The van der Waals surface area contributed by atoms with Crippen LogP contribution in [-0.2, 0) is 0 Å². The molecule has 1 aromatic heterocycles. The second-order valence-corrected chi connectivity index (χ2v) is 6.65. The fourth-order valence-corrected chi connectivity index (χ4v) is 2.91. The van der Waals surface area contributed by atoms with Gasteiger partial charge in [0.2, 0.25) is 0 Å². The predicted octanol–water partition coefficient (Wildman–Crippen LogP) is 4.54. The Balaban J connectivity index is 1.87. The molecule has 0 aliphatic rings. The lowest BCUT2D eigenvalue weighted by atomic mass is 9.99. The third kappa shape index (κ3) is 4.34. The largest absolute Gasteiger partial charge is 0.507 e. The summed E-state index contributed by atoms with van der Waals surface area (Å²) in [6.45, 7) is 6.47. The van der Waals surface area contributed by atoms with Crippen molar-refractivity contribution in [2.75, 3.05) is 11.9 Å². The number of aromatic nitrogens is 2. The van der Waals surface area contributed by atoms with Crippen molar-refractivity contribution in [3.05, 3.63) is 47.7 Å². The summed E-state index contributed by atoms with van der Waals surface area (Å²) in [5, 5.41) is 15.5. The lowest BCUT2D eigenvalue weighted by Crippen LogP contribution is -2.29. The highest BCUT2D eigenvalue weighted by atomic mass is 16.3. The quantitative estimate of drug-likeness (QED) is 0.580. The molecule has 3 N–H and O–H groups in total. The average molecular weight is 364 g/mol. The number of hydrogen-bond acceptors (Lipinski definition) is 4. The van der Waals surface area contributed by atoms with Crippen LogP contribution in [0.15, 0.2) is 36.5 Å². The number of rotatable bonds is 5. The first-order chi connectivity index (χ1) is 13.0. The normalized spacial score (nSPS) is 10.8. The molecule has 0 saturated heterocycles. The molecular formula is C21H24N4O2. The third-order valence-electron chi connectivity index (χ3n) is 4.42. The molecule has 0 spiro atoms. The molecular weight excluding hydrogens is 340 g/mol. The van der Waals surface area contributed by atoms with Gasteiger partial charge in [0, 0.05) is 6.54 Å². The monoisotopic (exact) mass is 364 g/mol. The molecule has 2 aromatic carbocycles. The summed E-state index contributed by atoms with van der Waals surface area (Å²) < 4.78 is 0. The van der Waals surface area contributed by atoms with Gasteiger partial charge in [-0.1, -0.05) is 19.4 Å². The highest BCUT2D eigenvalue weighted by Crippen LogP contribution is 2.30. The zero-order valence-electron chi connectivity index (χ0n) is 15.8. The van der Waals surface area contributed by atoms with Crippen molar-refractivity contribution in [2.45, 2.75) is 33.6 Å². The SMILES string of the molecule is CCCCNC(=O)Nc1cnc2ccc(-c3cc(C)c(O)c(C)c3)cc2n1. The number of anilines is 1. The van der Waals surface area contributed by atoms with E-state index in [1.807, 2.05) is 44.2 Å². The lowest BCUT2D eigenvalue weighted by molar-refractivity contribution is 0.252. The van der Waals surface area contributed by atoms with Crippen molar-refractivity contribution in [1.82, 2.24) is 15.3 Å². The summed E-state index contributed by atoms with van der Waals surface area (Å²) in [5.41, 5.74) is 5.09. The van der Waals surface area contributed by atoms with E-state index in [2.05, 4.69) is 27.5 Å². The van der Waals surface area contributed by atoms with Crippen molar-refractivity contribution in [1.29, 1.82) is 0 Å². The number of benzene rings is 2. The van der Waals surface area contributed by atoms with Gasteiger partial charge in [0.15, 0.2) is 5.82 Å². The Hall–Kier alpha value is -3.15. The van der Waals surface area contributed by atoms with Gasteiger partial charge >= 0.3 is 6.03 Å². The van der Waals surface area contributed by atoms with Crippen molar-refractivity contribution >= 4 is 22.9 Å². The smallest absolute Gasteiger partial charge is 0.320 e. The van der Waals surface area contributed by atoms with E-state index >= 15 is 0 Å². The van der Waals surface area contributed by atoms with Crippen molar-refractivity contribution in [3.8, 4) is 16.9 Å². The van der Waals surface area contributed by atoms with E-state index in [1.54, 1.807) is 6.20 Å². The van der Waals surface area contributed by atoms with Gasteiger partial charge in [0.25, 0.3) is 0 Å². The number of phenolic OH excluding ortho intramolecular Hbond substituents is 1. The minimum atomic E-state index is -0.280. The van der Waals surface area contributed by atoms with Crippen LogP contribution >= 0.6 is 0 Å². The van der Waals surface area contributed by atoms with Crippen LogP contribution in [-0.4, -0.2) is 27.7 Å². The first kappa shape index (κ1) is 18.6. The fraction of sp³-hybridized carbons (Fsp3) is 0.286. The highest BCUT2D eigenvalue weighted by Gasteiger charge is 2.08. The maximum atomic E-state index is 11.9. The predicted molar refractivity (Wildman–Crippen MR) is 108 cm³/mol. The van der Waals surface area contributed by atoms with E-state index < -0.39 is 0 Å². The van der Waals surface area contributed by atoms with Gasteiger partial charge < -0.3 is 10.4 Å². The van der Waals surface area contributed by atoms with Crippen LogP contribution in [0.25, 0.3) is 22.2 Å². The number of aryl methyl sites for hydroxylation is 2. The molecule has 0 aliphatic carbocycles. The molecule has 0 unspecified atom stereocenters. The topological polar surface area (TPSA) is 87.1 Å². The van der Waals surface area contributed by atoms with Crippen molar-refractivity contribution in [3.63, 3.8) is 0 Å².